The molecule has 0 aliphatic carbocycles. The van der Waals surface area contributed by atoms with E-state index in [1.54, 1.807) is 12.1 Å². The Kier molecular flexibility index (Phi) is 4.39. The van der Waals surface area contributed by atoms with Crippen molar-refractivity contribution in [3.05, 3.63) is 38.9 Å². The predicted molar refractivity (Wildman–Crippen MR) is 65.7 cm³/mol. The molecule has 0 amide bonds. The first kappa shape index (κ1) is 13.7. The molecule has 0 aliphatic heterocycles. The molecule has 1 rings (SSSR count). The maximum atomic E-state index is 11.0. The van der Waals surface area contributed by atoms with E-state index in [0.29, 0.717) is 11.5 Å². The Balaban J connectivity index is 3.40. The minimum atomic E-state index is -0.593. The van der Waals surface area contributed by atoms with Gasteiger partial charge in [0.1, 0.15) is 11.6 Å². The van der Waals surface area contributed by atoms with Crippen molar-refractivity contribution >= 4 is 5.69 Å². The van der Waals surface area contributed by atoms with E-state index in [1.165, 1.54) is 0 Å². The van der Waals surface area contributed by atoms with Gasteiger partial charge in [-0.2, -0.15) is 10.5 Å². The highest BCUT2D eigenvalue weighted by molar-refractivity contribution is 5.56. The van der Waals surface area contributed by atoms with Crippen LogP contribution in [0.3, 0.4) is 0 Å². The van der Waals surface area contributed by atoms with Gasteiger partial charge >= 0.3 is 0 Å². The zero-order valence-corrected chi connectivity index (χ0v) is 10.3. The third-order valence-electron chi connectivity index (χ3n) is 2.47. The van der Waals surface area contributed by atoms with E-state index in [0.717, 1.165) is 12.0 Å². The van der Waals surface area contributed by atoms with Gasteiger partial charge in [-0.15, -0.1) is 0 Å². The van der Waals surface area contributed by atoms with Gasteiger partial charge in [0.15, 0.2) is 0 Å². The molecule has 5 nitrogen and oxygen atoms in total. The average molecular weight is 243 g/mol. The predicted octanol–water partition coefficient (Wildman–Crippen LogP) is 2.73. The molecule has 1 aromatic rings. The fourth-order valence-electron chi connectivity index (χ4n) is 1.87. The smallest absolute Gasteiger partial charge is 0.258 e. The van der Waals surface area contributed by atoms with Crippen LogP contribution in [0.25, 0.3) is 0 Å². The maximum Gasteiger partial charge on any atom is 0.291 e. The quantitative estimate of drug-likeness (QED) is 0.600. The van der Waals surface area contributed by atoms with E-state index in [-0.39, 0.29) is 17.7 Å². The van der Waals surface area contributed by atoms with Crippen LogP contribution < -0.4 is 0 Å². The van der Waals surface area contributed by atoms with Crippen LogP contribution in [0.4, 0.5) is 5.69 Å². The first-order valence-corrected chi connectivity index (χ1v) is 5.56. The number of benzene rings is 1. The number of nitro benzene ring substituents is 1. The van der Waals surface area contributed by atoms with Gasteiger partial charge in [-0.25, -0.2) is 0 Å². The summed E-state index contributed by atoms with van der Waals surface area (Å²) in [5.74, 6) is 0.382. The molecule has 0 radical (unpaired) electrons. The SMILES string of the molecule is CC(C)Cc1cc(C#N)c([N+](=O)[O-])c(CC#N)c1. The Bertz CT molecular complexity index is 551. The van der Waals surface area contributed by atoms with Gasteiger partial charge in [0.05, 0.1) is 17.4 Å². The molecular formula is C13H13N3O2. The summed E-state index contributed by atoms with van der Waals surface area (Å²) in [6.07, 6.45) is 0.669. The fraction of sp³-hybridized carbons (Fsp3) is 0.385. The standard InChI is InChI=1S/C13H13N3O2/c1-9(2)5-10-6-11(3-4-14)13(16(17)18)12(7-10)8-15/h6-7,9H,3,5H2,1-2H3. The maximum absolute atomic E-state index is 11.0. The number of hydrogen-bond acceptors (Lipinski definition) is 4. The molecule has 0 unspecified atom stereocenters. The van der Waals surface area contributed by atoms with Crippen molar-refractivity contribution in [1.82, 2.24) is 0 Å². The van der Waals surface area contributed by atoms with Gasteiger partial charge in [-0.05, 0) is 30.0 Å². The van der Waals surface area contributed by atoms with Crippen LogP contribution in [0.1, 0.15) is 30.5 Å². The molecule has 18 heavy (non-hydrogen) atoms. The van der Waals surface area contributed by atoms with Crippen LogP contribution in [0.15, 0.2) is 12.1 Å². The first-order valence-electron chi connectivity index (χ1n) is 5.56. The van der Waals surface area contributed by atoms with Crippen molar-refractivity contribution in [1.29, 1.82) is 10.5 Å². The number of nitro groups is 1. The lowest BCUT2D eigenvalue weighted by atomic mass is 9.96. The van der Waals surface area contributed by atoms with Gasteiger partial charge in [-0.3, -0.25) is 10.1 Å². The molecule has 0 saturated heterocycles. The Labute approximate surface area is 105 Å². The number of rotatable bonds is 4. The first-order chi connectivity index (χ1) is 8.49. The second kappa shape index (κ2) is 5.79. The molecule has 0 atom stereocenters. The van der Waals surface area contributed by atoms with Crippen molar-refractivity contribution in [3.8, 4) is 12.1 Å². The van der Waals surface area contributed by atoms with Crippen LogP contribution in [-0.4, -0.2) is 4.92 Å². The Morgan fingerprint density at radius 3 is 2.50 bits per heavy atom. The molecule has 0 N–H and O–H groups in total. The van der Waals surface area contributed by atoms with Crippen molar-refractivity contribution in [2.24, 2.45) is 5.92 Å². The average Bonchev–Trinajstić information content (AvgIpc) is 2.27. The molecule has 92 valence electrons. The molecule has 0 spiro atoms. The largest absolute Gasteiger partial charge is 0.291 e. The van der Waals surface area contributed by atoms with Gasteiger partial charge in [0.2, 0.25) is 0 Å². The molecular weight excluding hydrogens is 230 g/mol. The summed E-state index contributed by atoms with van der Waals surface area (Å²) < 4.78 is 0. The number of nitrogens with zero attached hydrogens (tertiary/aromatic N) is 3. The zero-order valence-electron chi connectivity index (χ0n) is 10.3. The third kappa shape index (κ3) is 3.05. The summed E-state index contributed by atoms with van der Waals surface area (Å²) in [6, 6.07) is 6.93. The fourth-order valence-corrected chi connectivity index (χ4v) is 1.87. The topological polar surface area (TPSA) is 90.7 Å². The summed E-state index contributed by atoms with van der Waals surface area (Å²) in [4.78, 5) is 10.4. The summed E-state index contributed by atoms with van der Waals surface area (Å²) in [5.41, 5.74) is 0.963. The molecule has 0 aliphatic rings. The lowest BCUT2D eigenvalue weighted by Gasteiger charge is -2.08. The van der Waals surface area contributed by atoms with E-state index in [1.807, 2.05) is 26.0 Å². The molecule has 0 saturated carbocycles. The van der Waals surface area contributed by atoms with Crippen molar-refractivity contribution in [3.63, 3.8) is 0 Å². The van der Waals surface area contributed by atoms with E-state index >= 15 is 0 Å². The monoisotopic (exact) mass is 243 g/mol. The highest BCUT2D eigenvalue weighted by Crippen LogP contribution is 2.26. The minimum Gasteiger partial charge on any atom is -0.258 e. The molecule has 0 bridgehead atoms. The lowest BCUT2D eigenvalue weighted by molar-refractivity contribution is -0.385. The summed E-state index contributed by atoms with van der Waals surface area (Å²) in [5, 5.41) is 28.6. The van der Waals surface area contributed by atoms with Crippen molar-refractivity contribution in [2.75, 3.05) is 0 Å². The Morgan fingerprint density at radius 2 is 2.06 bits per heavy atom. The van der Waals surface area contributed by atoms with E-state index in [9.17, 15) is 10.1 Å². The highest BCUT2D eigenvalue weighted by atomic mass is 16.6. The van der Waals surface area contributed by atoms with Gasteiger partial charge in [0, 0.05) is 5.56 Å². The Morgan fingerprint density at radius 1 is 1.39 bits per heavy atom. The molecule has 1 aromatic carbocycles. The Hall–Kier alpha value is -2.40. The third-order valence-corrected chi connectivity index (χ3v) is 2.47. The van der Waals surface area contributed by atoms with Crippen LogP contribution in [0.5, 0.6) is 0 Å². The van der Waals surface area contributed by atoms with Gasteiger partial charge < -0.3 is 0 Å². The summed E-state index contributed by atoms with van der Waals surface area (Å²) >= 11 is 0. The normalized spacial score (nSPS) is 9.83. The van der Waals surface area contributed by atoms with Gasteiger partial charge in [0.25, 0.3) is 5.69 Å². The van der Waals surface area contributed by atoms with E-state index in [2.05, 4.69) is 0 Å². The summed E-state index contributed by atoms with van der Waals surface area (Å²) in [6.45, 7) is 4.05. The summed E-state index contributed by atoms with van der Waals surface area (Å²) in [7, 11) is 0. The van der Waals surface area contributed by atoms with Crippen molar-refractivity contribution in [2.45, 2.75) is 26.7 Å². The van der Waals surface area contributed by atoms with Crippen LogP contribution in [-0.2, 0) is 12.8 Å². The molecule has 5 heteroatoms. The zero-order chi connectivity index (χ0) is 13.7. The number of hydrogen-bond donors (Lipinski definition) is 0. The lowest BCUT2D eigenvalue weighted by Crippen LogP contribution is -2.02. The van der Waals surface area contributed by atoms with Crippen LogP contribution in [0.2, 0.25) is 0 Å². The second-order valence-corrected chi connectivity index (χ2v) is 4.45. The second-order valence-electron chi connectivity index (χ2n) is 4.45. The van der Waals surface area contributed by atoms with E-state index < -0.39 is 4.92 Å². The minimum absolute atomic E-state index is 0.0309. The van der Waals surface area contributed by atoms with E-state index in [4.69, 9.17) is 10.5 Å². The number of nitriles is 2. The van der Waals surface area contributed by atoms with Gasteiger partial charge in [-0.1, -0.05) is 13.8 Å². The molecule has 0 aromatic heterocycles. The molecule has 0 heterocycles. The molecule has 0 fully saturated rings. The van der Waals surface area contributed by atoms with Crippen LogP contribution in [0, 0.1) is 38.7 Å². The van der Waals surface area contributed by atoms with Crippen LogP contribution >= 0.6 is 0 Å². The highest BCUT2D eigenvalue weighted by Gasteiger charge is 2.21. The van der Waals surface area contributed by atoms with Crippen molar-refractivity contribution < 1.29 is 4.92 Å².